The van der Waals surface area contributed by atoms with E-state index in [0.29, 0.717) is 6.90 Å². The summed E-state index contributed by atoms with van der Waals surface area (Å²) in [6.07, 6.45) is 27.5. The third-order valence-corrected chi connectivity index (χ3v) is 3.83. The lowest BCUT2D eigenvalue weighted by Gasteiger charge is -2.08. The molecule has 0 aromatic rings. The van der Waals surface area contributed by atoms with Crippen molar-refractivity contribution < 1.29 is 21.2 Å². The smallest absolute Gasteiger partial charge is 0.328 e. The number of carbonyl (C=O) groups is 2. The Bertz CT molecular complexity index is 579. The van der Waals surface area contributed by atoms with E-state index in [0.717, 1.165) is 12.8 Å². The van der Waals surface area contributed by atoms with E-state index in [9.17, 15) is 9.59 Å². The van der Waals surface area contributed by atoms with Gasteiger partial charge in [-0.3, -0.25) is 4.79 Å². The first kappa shape index (κ1) is 23.6. The predicted octanol–water partition coefficient (Wildman–Crippen LogP) is 4.47. The number of carboxylic acid groups (broad SMARTS) is 1. The summed E-state index contributed by atoms with van der Waals surface area (Å²) in [4.78, 5) is 22.1. The molecule has 0 radical (unpaired) electrons. The second-order valence-corrected chi connectivity index (χ2v) is 6.29. The van der Waals surface area contributed by atoms with Gasteiger partial charge in [0, 0.05) is 7.45 Å². The molecular weight excluding hydrogens is 354 g/mol. The van der Waals surface area contributed by atoms with Gasteiger partial charge in [0.15, 0.2) is 6.04 Å². The molecule has 0 aliphatic rings. The highest BCUT2D eigenvalue weighted by Crippen LogP contribution is 2.08. The van der Waals surface area contributed by atoms with Crippen molar-refractivity contribution in [3.05, 3.63) is 60.8 Å². The molecule has 0 saturated carbocycles. The molecule has 1 atom stereocenters. The van der Waals surface area contributed by atoms with Crippen molar-refractivity contribution in [3.63, 3.8) is 0 Å². The molecule has 0 heterocycles. The average Bonchev–Trinajstić information content (AvgIpc) is 2.70. The van der Waals surface area contributed by atoms with Gasteiger partial charge in [-0.25, -0.2) is 4.79 Å². The van der Waals surface area contributed by atoms with Crippen molar-refractivity contribution in [3.8, 4) is 0 Å². The summed E-state index contributed by atoms with van der Waals surface area (Å²) in [7, 11) is 0. The first-order valence-corrected chi connectivity index (χ1v) is 9.88. The van der Waals surface area contributed by atoms with Crippen molar-refractivity contribution in [2.45, 2.75) is 64.3 Å². The van der Waals surface area contributed by atoms with E-state index in [4.69, 9.17) is 11.6 Å². The number of aliphatic hydroxyl groups excluding tert-OH is 1. The molecule has 28 heavy (non-hydrogen) atoms. The molecule has 0 aromatic heterocycles. The molecule has 0 saturated heterocycles. The summed E-state index contributed by atoms with van der Waals surface area (Å²) >= 11 is 0. The van der Waals surface area contributed by atoms with Crippen LogP contribution in [0.4, 0.5) is 0 Å². The molecule has 0 unspecified atom stereocenters. The van der Waals surface area contributed by atoms with Crippen molar-refractivity contribution in [2.24, 2.45) is 0 Å². The number of carbonyl (C=O) groups excluding carboxylic acids is 1. The number of hydrogen-bond donors (Lipinski definition) is 3. The van der Waals surface area contributed by atoms with Gasteiger partial charge in [-0.05, 0) is 12.8 Å². The van der Waals surface area contributed by atoms with Crippen LogP contribution in [-0.4, -0.2) is 34.7 Å². The number of rotatable bonds is 16. The minimum atomic E-state index is -1.29. The van der Waals surface area contributed by atoms with Crippen molar-refractivity contribution in [1.29, 1.82) is 0 Å². The van der Waals surface area contributed by atoms with Gasteiger partial charge in [0.2, 0.25) is 5.91 Å². The minimum absolute atomic E-state index is 0.558. The van der Waals surface area contributed by atoms with Crippen LogP contribution < -0.4 is 5.32 Å². The average molecular weight is 391 g/mol. The first-order chi connectivity index (χ1) is 14.1. The monoisotopic (exact) mass is 390 g/mol. The maximum Gasteiger partial charge on any atom is 0.328 e. The van der Waals surface area contributed by atoms with Crippen LogP contribution in [0.25, 0.3) is 0 Å². The zero-order valence-corrected chi connectivity index (χ0v) is 16.6. The molecule has 0 aromatic carbocycles. The van der Waals surface area contributed by atoms with Gasteiger partial charge < -0.3 is 15.5 Å². The first-order valence-electron chi connectivity index (χ1n) is 10.6. The third kappa shape index (κ3) is 17.0. The Morgan fingerprint density at radius 1 is 0.893 bits per heavy atom. The van der Waals surface area contributed by atoms with Gasteiger partial charge in [0.25, 0.3) is 0 Å². The molecule has 0 spiro atoms. The summed E-state index contributed by atoms with van der Waals surface area (Å²) in [6.45, 7) is -0.0929. The largest absolute Gasteiger partial charge is 0.480 e. The van der Waals surface area contributed by atoms with Crippen LogP contribution in [-0.2, 0) is 9.59 Å². The number of nitrogens with one attached hydrogen (secondary N) is 1. The standard InChI is InChI=1S/C23H35NO4/c1-2-3-4-5-6-7-8-9-10-11-12-13-14-15-16-17-18-19-22(26)24-21(20-25)23(27)28/h10-19,21,25H,2-9,20H2,1H3,(H,24,26)(H,27,28)/t21-/m0/s1/i1D. The van der Waals surface area contributed by atoms with E-state index in [1.165, 1.54) is 50.7 Å². The summed E-state index contributed by atoms with van der Waals surface area (Å²) in [6, 6.07) is -1.29. The molecule has 0 aliphatic heterocycles. The molecule has 0 rings (SSSR count). The SMILES string of the molecule is [2H]CCCCCCCCCC=CC=CC=CC=CC=CC(=O)N[C@@H](CO)C(=O)O. The van der Waals surface area contributed by atoms with E-state index in [-0.39, 0.29) is 0 Å². The lowest BCUT2D eigenvalue weighted by Crippen LogP contribution is -2.42. The van der Waals surface area contributed by atoms with Crippen LogP contribution in [0.3, 0.4) is 0 Å². The molecule has 5 heteroatoms. The number of hydrogen-bond acceptors (Lipinski definition) is 3. The van der Waals surface area contributed by atoms with Crippen LogP contribution in [0.1, 0.15) is 59.6 Å². The Kier molecular flexibility index (Phi) is 16.3. The molecule has 1 amide bonds. The molecule has 0 aliphatic carbocycles. The second kappa shape index (κ2) is 19.4. The highest BCUT2D eigenvalue weighted by Gasteiger charge is 2.16. The highest BCUT2D eigenvalue weighted by molar-refractivity contribution is 5.91. The molecule has 156 valence electrons. The van der Waals surface area contributed by atoms with Gasteiger partial charge >= 0.3 is 5.97 Å². The Morgan fingerprint density at radius 2 is 1.46 bits per heavy atom. The maximum absolute atomic E-state index is 11.4. The van der Waals surface area contributed by atoms with Crippen LogP contribution in [0, 0.1) is 0 Å². The van der Waals surface area contributed by atoms with Crippen molar-refractivity contribution in [2.75, 3.05) is 6.61 Å². The second-order valence-electron chi connectivity index (χ2n) is 6.29. The van der Waals surface area contributed by atoms with E-state index >= 15 is 0 Å². The molecule has 0 fully saturated rings. The molecule has 5 nitrogen and oxygen atoms in total. The van der Waals surface area contributed by atoms with Gasteiger partial charge in [-0.1, -0.05) is 100 Å². The molecule has 0 bridgehead atoms. The van der Waals surface area contributed by atoms with Gasteiger partial charge in [0.05, 0.1) is 6.61 Å². The fraction of sp³-hybridized carbons (Fsp3) is 0.478. The van der Waals surface area contributed by atoms with Crippen LogP contribution in [0.15, 0.2) is 60.8 Å². The Hall–Kier alpha value is -2.40. The zero-order chi connectivity index (χ0) is 21.6. The summed E-state index contributed by atoms with van der Waals surface area (Å²) < 4.78 is 7.08. The summed E-state index contributed by atoms with van der Waals surface area (Å²) in [5.41, 5.74) is 0. The summed E-state index contributed by atoms with van der Waals surface area (Å²) in [5, 5.41) is 19.7. The van der Waals surface area contributed by atoms with Crippen LogP contribution in [0.2, 0.25) is 0 Å². The van der Waals surface area contributed by atoms with Gasteiger partial charge in [0.1, 0.15) is 0 Å². The third-order valence-electron chi connectivity index (χ3n) is 3.83. The van der Waals surface area contributed by atoms with Gasteiger partial charge in [-0.2, -0.15) is 0 Å². The Morgan fingerprint density at radius 3 is 2.07 bits per heavy atom. The van der Waals surface area contributed by atoms with E-state index in [1.54, 1.807) is 12.2 Å². The topological polar surface area (TPSA) is 86.6 Å². The fourth-order valence-electron chi connectivity index (χ4n) is 2.25. The number of aliphatic hydroxyl groups is 1. The number of unbranched alkanes of at least 4 members (excludes halogenated alkanes) is 7. The highest BCUT2D eigenvalue weighted by atomic mass is 16.4. The summed E-state index contributed by atoms with van der Waals surface area (Å²) in [5.74, 6) is -1.85. The minimum Gasteiger partial charge on any atom is -0.480 e. The zero-order valence-electron chi connectivity index (χ0n) is 17.6. The number of amides is 1. The Labute approximate surface area is 170 Å². The quantitative estimate of drug-likeness (QED) is 0.206. The van der Waals surface area contributed by atoms with Crippen molar-refractivity contribution in [1.82, 2.24) is 5.32 Å². The maximum atomic E-state index is 11.4. The van der Waals surface area contributed by atoms with Gasteiger partial charge in [-0.15, -0.1) is 0 Å². The Balaban J connectivity index is 3.77. The van der Waals surface area contributed by atoms with E-state index in [2.05, 4.69) is 11.4 Å². The molecular formula is C23H35NO4. The van der Waals surface area contributed by atoms with E-state index < -0.39 is 24.5 Å². The van der Waals surface area contributed by atoms with Crippen LogP contribution in [0.5, 0.6) is 0 Å². The number of aliphatic carboxylic acids is 1. The normalized spacial score (nSPS) is 14.0. The lowest BCUT2D eigenvalue weighted by molar-refractivity contribution is -0.142. The number of carboxylic acids is 1. The molecule has 3 N–H and O–H groups in total. The van der Waals surface area contributed by atoms with Crippen molar-refractivity contribution >= 4 is 11.9 Å². The predicted molar refractivity (Wildman–Crippen MR) is 115 cm³/mol. The van der Waals surface area contributed by atoms with E-state index in [1.807, 2.05) is 30.4 Å². The fourth-order valence-corrected chi connectivity index (χ4v) is 2.25. The van der Waals surface area contributed by atoms with Crippen LogP contribution >= 0.6 is 0 Å². The lowest BCUT2D eigenvalue weighted by atomic mass is 10.1. The number of allylic oxidation sites excluding steroid dienone is 9.